The van der Waals surface area contributed by atoms with Crippen LogP contribution in [0.25, 0.3) is 0 Å². The van der Waals surface area contributed by atoms with Crippen molar-refractivity contribution < 1.29 is 8.42 Å². The van der Waals surface area contributed by atoms with Crippen molar-refractivity contribution in [1.29, 1.82) is 0 Å². The zero-order valence-electron chi connectivity index (χ0n) is 9.45. The first-order valence-electron chi connectivity index (χ1n) is 5.29. The first-order valence-corrected chi connectivity index (χ1v) is 6.77. The number of nitrogens with one attached hydrogen (secondary N) is 1. The molecule has 1 aromatic carbocycles. The summed E-state index contributed by atoms with van der Waals surface area (Å²) >= 11 is 0. The summed E-state index contributed by atoms with van der Waals surface area (Å²) in [6.07, 6.45) is 1.86. The van der Waals surface area contributed by atoms with Gasteiger partial charge in [0, 0.05) is 11.7 Å². The molecule has 0 bridgehead atoms. The Morgan fingerprint density at radius 2 is 1.94 bits per heavy atom. The van der Waals surface area contributed by atoms with E-state index < -0.39 is 10.0 Å². The van der Waals surface area contributed by atoms with Crippen LogP contribution in [0.1, 0.15) is 24.0 Å². The maximum atomic E-state index is 11.9. The van der Waals surface area contributed by atoms with Gasteiger partial charge < -0.3 is 5.73 Å². The largest absolute Gasteiger partial charge is 0.398 e. The number of hydrogen-bond donors (Lipinski definition) is 2. The van der Waals surface area contributed by atoms with Crippen LogP contribution in [-0.2, 0) is 10.0 Å². The standard InChI is InChI=1S/C11H16N2O2S/c1-7-5-10(6-11(12)8(7)2)16(14,15)13-9-3-4-9/h5-6,9,13H,3-4,12H2,1-2H3. The molecule has 1 aliphatic rings. The Balaban J connectivity index is 2.39. The van der Waals surface area contributed by atoms with Crippen LogP contribution in [-0.4, -0.2) is 14.5 Å². The van der Waals surface area contributed by atoms with Crippen molar-refractivity contribution in [2.24, 2.45) is 0 Å². The van der Waals surface area contributed by atoms with E-state index in [2.05, 4.69) is 4.72 Å². The Kier molecular flexibility index (Phi) is 2.67. The average Bonchev–Trinajstić information content (AvgIpc) is 2.96. The van der Waals surface area contributed by atoms with Crippen LogP contribution in [0, 0.1) is 13.8 Å². The maximum absolute atomic E-state index is 11.9. The lowest BCUT2D eigenvalue weighted by Crippen LogP contribution is -2.26. The number of aryl methyl sites for hydroxylation is 1. The highest BCUT2D eigenvalue weighted by atomic mass is 32.2. The molecule has 88 valence electrons. The molecule has 0 aliphatic heterocycles. The SMILES string of the molecule is Cc1cc(S(=O)(=O)NC2CC2)cc(N)c1C. The lowest BCUT2D eigenvalue weighted by molar-refractivity contribution is 0.581. The maximum Gasteiger partial charge on any atom is 0.240 e. The molecular weight excluding hydrogens is 224 g/mol. The summed E-state index contributed by atoms with van der Waals surface area (Å²) < 4.78 is 26.5. The molecule has 2 rings (SSSR count). The molecule has 5 heteroatoms. The van der Waals surface area contributed by atoms with E-state index in [0.717, 1.165) is 24.0 Å². The van der Waals surface area contributed by atoms with Gasteiger partial charge in [-0.1, -0.05) is 0 Å². The van der Waals surface area contributed by atoms with E-state index in [9.17, 15) is 8.42 Å². The van der Waals surface area contributed by atoms with Crippen molar-refractivity contribution in [3.05, 3.63) is 23.3 Å². The first kappa shape index (κ1) is 11.4. The summed E-state index contributed by atoms with van der Waals surface area (Å²) in [5.41, 5.74) is 8.13. The van der Waals surface area contributed by atoms with Gasteiger partial charge in [0.25, 0.3) is 0 Å². The topological polar surface area (TPSA) is 72.2 Å². The summed E-state index contributed by atoms with van der Waals surface area (Å²) in [6.45, 7) is 3.75. The lowest BCUT2D eigenvalue weighted by atomic mass is 10.1. The Labute approximate surface area is 95.9 Å². The summed E-state index contributed by atoms with van der Waals surface area (Å²) in [6, 6.07) is 3.30. The summed E-state index contributed by atoms with van der Waals surface area (Å²) in [5.74, 6) is 0. The van der Waals surface area contributed by atoms with Crippen LogP contribution in [0.4, 0.5) is 5.69 Å². The number of nitrogen functional groups attached to an aromatic ring is 1. The minimum Gasteiger partial charge on any atom is -0.398 e. The van der Waals surface area contributed by atoms with Gasteiger partial charge in [0.2, 0.25) is 10.0 Å². The van der Waals surface area contributed by atoms with Crippen molar-refractivity contribution >= 4 is 15.7 Å². The van der Waals surface area contributed by atoms with E-state index in [0.29, 0.717) is 5.69 Å². The predicted octanol–water partition coefficient (Wildman–Crippen LogP) is 1.33. The van der Waals surface area contributed by atoms with Gasteiger partial charge in [0.05, 0.1) is 4.90 Å². The Hall–Kier alpha value is -1.07. The summed E-state index contributed by atoms with van der Waals surface area (Å²) in [5, 5.41) is 0. The zero-order valence-corrected chi connectivity index (χ0v) is 10.3. The third kappa shape index (κ3) is 2.20. The van der Waals surface area contributed by atoms with Crippen molar-refractivity contribution in [2.45, 2.75) is 37.6 Å². The van der Waals surface area contributed by atoms with Gasteiger partial charge in [-0.2, -0.15) is 0 Å². The molecule has 0 spiro atoms. The van der Waals surface area contributed by atoms with E-state index in [-0.39, 0.29) is 10.9 Å². The van der Waals surface area contributed by atoms with E-state index in [4.69, 9.17) is 5.73 Å². The average molecular weight is 240 g/mol. The van der Waals surface area contributed by atoms with Gasteiger partial charge in [-0.15, -0.1) is 0 Å². The molecule has 0 amide bonds. The van der Waals surface area contributed by atoms with Crippen LogP contribution in [0.15, 0.2) is 17.0 Å². The van der Waals surface area contributed by atoms with Gasteiger partial charge in [-0.3, -0.25) is 0 Å². The number of benzene rings is 1. The van der Waals surface area contributed by atoms with Crippen LogP contribution in [0.3, 0.4) is 0 Å². The first-order chi connectivity index (χ1) is 7.40. The van der Waals surface area contributed by atoms with Gasteiger partial charge >= 0.3 is 0 Å². The van der Waals surface area contributed by atoms with E-state index in [1.807, 2.05) is 13.8 Å². The fraction of sp³-hybridized carbons (Fsp3) is 0.455. The van der Waals surface area contributed by atoms with E-state index in [1.54, 1.807) is 6.07 Å². The molecule has 16 heavy (non-hydrogen) atoms. The van der Waals surface area contributed by atoms with Gasteiger partial charge in [0.1, 0.15) is 0 Å². The van der Waals surface area contributed by atoms with Gasteiger partial charge in [-0.25, -0.2) is 13.1 Å². The molecule has 1 saturated carbocycles. The molecule has 4 nitrogen and oxygen atoms in total. The molecule has 0 heterocycles. The predicted molar refractivity (Wildman–Crippen MR) is 63.7 cm³/mol. The number of nitrogens with two attached hydrogens (primary N) is 1. The van der Waals surface area contributed by atoms with E-state index in [1.165, 1.54) is 6.07 Å². The van der Waals surface area contributed by atoms with Crippen LogP contribution >= 0.6 is 0 Å². The van der Waals surface area contributed by atoms with Crippen LogP contribution in [0.2, 0.25) is 0 Å². The highest BCUT2D eigenvalue weighted by Gasteiger charge is 2.28. The van der Waals surface area contributed by atoms with E-state index >= 15 is 0 Å². The number of sulfonamides is 1. The highest BCUT2D eigenvalue weighted by molar-refractivity contribution is 7.89. The molecule has 1 aliphatic carbocycles. The van der Waals surface area contributed by atoms with Crippen molar-refractivity contribution in [1.82, 2.24) is 4.72 Å². The second kappa shape index (κ2) is 3.75. The second-order valence-corrected chi connectivity index (χ2v) is 6.06. The fourth-order valence-corrected chi connectivity index (χ4v) is 2.92. The minimum absolute atomic E-state index is 0.118. The number of anilines is 1. The monoisotopic (exact) mass is 240 g/mol. The molecular formula is C11H16N2O2S. The second-order valence-electron chi connectivity index (χ2n) is 4.35. The molecule has 0 radical (unpaired) electrons. The number of hydrogen-bond acceptors (Lipinski definition) is 3. The van der Waals surface area contributed by atoms with Gasteiger partial charge in [-0.05, 0) is 49.9 Å². The Morgan fingerprint density at radius 3 is 2.44 bits per heavy atom. The molecule has 0 saturated heterocycles. The number of rotatable bonds is 3. The smallest absolute Gasteiger partial charge is 0.240 e. The Morgan fingerprint density at radius 1 is 1.31 bits per heavy atom. The lowest BCUT2D eigenvalue weighted by Gasteiger charge is -2.10. The highest BCUT2D eigenvalue weighted by Crippen LogP contribution is 2.25. The third-order valence-corrected chi connectivity index (χ3v) is 4.39. The molecule has 0 unspecified atom stereocenters. The minimum atomic E-state index is -3.39. The van der Waals surface area contributed by atoms with Crippen LogP contribution < -0.4 is 10.5 Å². The summed E-state index contributed by atoms with van der Waals surface area (Å²) in [4.78, 5) is 0.264. The quantitative estimate of drug-likeness (QED) is 0.783. The Bertz CT molecular complexity index is 496. The van der Waals surface area contributed by atoms with Crippen molar-refractivity contribution in [3.63, 3.8) is 0 Å². The van der Waals surface area contributed by atoms with Crippen LogP contribution in [0.5, 0.6) is 0 Å². The summed E-state index contributed by atoms with van der Waals surface area (Å²) in [7, 11) is -3.39. The normalized spacial score (nSPS) is 16.4. The van der Waals surface area contributed by atoms with Crippen molar-refractivity contribution in [2.75, 3.05) is 5.73 Å². The molecule has 0 atom stereocenters. The molecule has 1 fully saturated rings. The zero-order chi connectivity index (χ0) is 11.9. The fourth-order valence-electron chi connectivity index (χ4n) is 1.50. The van der Waals surface area contributed by atoms with Gasteiger partial charge in [0.15, 0.2) is 0 Å². The third-order valence-electron chi connectivity index (χ3n) is 2.89. The van der Waals surface area contributed by atoms with Crippen molar-refractivity contribution in [3.8, 4) is 0 Å². The molecule has 0 aromatic heterocycles. The molecule has 3 N–H and O–H groups in total. The molecule has 1 aromatic rings.